The van der Waals surface area contributed by atoms with Crippen LogP contribution in [0.5, 0.6) is 5.75 Å². The summed E-state index contributed by atoms with van der Waals surface area (Å²) in [6.45, 7) is 1.86. The number of carbonyl (C=O) groups excluding carboxylic acids is 1. The number of carbonyl (C=O) groups is 1. The molecule has 7 nitrogen and oxygen atoms in total. The number of ether oxygens (including phenoxy) is 1. The van der Waals surface area contributed by atoms with Gasteiger partial charge in [-0.3, -0.25) is 14.9 Å². The summed E-state index contributed by atoms with van der Waals surface area (Å²) in [5.74, 6) is 0.337. The number of hydrogen-bond donors (Lipinski definition) is 1. The minimum absolute atomic E-state index is 0.0250. The monoisotopic (exact) mass is 329 g/mol. The molecule has 0 radical (unpaired) electrons. The van der Waals surface area contributed by atoms with Crippen molar-refractivity contribution in [3.05, 3.63) is 63.7 Å². The molecule has 126 valence electrons. The third kappa shape index (κ3) is 3.29. The Bertz CT molecular complexity index is 776. The summed E-state index contributed by atoms with van der Waals surface area (Å²) in [5.41, 5.74) is 6.38. The van der Waals surface area contributed by atoms with Gasteiger partial charge in [0.2, 0.25) is 0 Å². The molecule has 0 saturated carbocycles. The quantitative estimate of drug-likeness (QED) is 0.516. The van der Waals surface area contributed by atoms with Crippen LogP contribution in [0.4, 0.5) is 11.4 Å². The first-order valence-corrected chi connectivity index (χ1v) is 7.30. The van der Waals surface area contributed by atoms with E-state index in [1.165, 1.54) is 23.1 Å². The summed E-state index contributed by atoms with van der Waals surface area (Å²) in [6, 6.07) is 11.2. The van der Waals surface area contributed by atoms with Crippen LogP contribution in [0, 0.1) is 10.1 Å². The highest BCUT2D eigenvalue weighted by molar-refractivity contribution is 5.95. The Morgan fingerprint density at radius 3 is 2.58 bits per heavy atom. The van der Waals surface area contributed by atoms with Crippen molar-refractivity contribution in [1.82, 2.24) is 4.90 Å². The first-order chi connectivity index (χ1) is 11.4. The van der Waals surface area contributed by atoms with Crippen LogP contribution >= 0.6 is 0 Å². The molecule has 2 N–H and O–H groups in total. The zero-order valence-electron chi connectivity index (χ0n) is 13.7. The van der Waals surface area contributed by atoms with E-state index in [4.69, 9.17) is 10.5 Å². The number of nitrogens with zero attached hydrogens (tertiary/aromatic N) is 2. The van der Waals surface area contributed by atoms with Gasteiger partial charge in [0.25, 0.3) is 11.6 Å². The largest absolute Gasteiger partial charge is 0.496 e. The minimum atomic E-state index is -0.601. The molecular formula is C17H19N3O4. The molecule has 1 atom stereocenters. The van der Waals surface area contributed by atoms with Crippen molar-refractivity contribution in [3.8, 4) is 5.75 Å². The molecule has 1 amide bonds. The molecule has 0 spiro atoms. The highest BCUT2D eigenvalue weighted by Crippen LogP contribution is 2.30. The van der Waals surface area contributed by atoms with E-state index in [2.05, 4.69) is 0 Å². The second kappa shape index (κ2) is 6.99. The molecule has 0 heterocycles. The van der Waals surface area contributed by atoms with E-state index in [9.17, 15) is 14.9 Å². The second-order valence-electron chi connectivity index (χ2n) is 5.36. The molecule has 0 unspecified atom stereocenters. The fraction of sp³-hybridized carbons (Fsp3) is 0.235. The lowest BCUT2D eigenvalue weighted by Crippen LogP contribution is -2.30. The molecule has 0 saturated heterocycles. The van der Waals surface area contributed by atoms with Crippen molar-refractivity contribution in [2.24, 2.45) is 0 Å². The molecule has 0 aliphatic carbocycles. The Labute approximate surface area is 139 Å². The number of hydrogen-bond acceptors (Lipinski definition) is 5. The van der Waals surface area contributed by atoms with Crippen molar-refractivity contribution in [1.29, 1.82) is 0 Å². The number of nitro groups is 1. The smallest absolute Gasteiger partial charge is 0.292 e. The van der Waals surface area contributed by atoms with Gasteiger partial charge >= 0.3 is 0 Å². The van der Waals surface area contributed by atoms with Gasteiger partial charge in [-0.1, -0.05) is 18.2 Å². The summed E-state index contributed by atoms with van der Waals surface area (Å²) in [5, 5.41) is 11.0. The van der Waals surface area contributed by atoms with E-state index >= 15 is 0 Å². The molecule has 2 rings (SSSR count). The Hall–Kier alpha value is -3.09. The molecule has 24 heavy (non-hydrogen) atoms. The number of para-hydroxylation sites is 1. The van der Waals surface area contributed by atoms with Crippen LogP contribution in [-0.2, 0) is 0 Å². The number of anilines is 1. The van der Waals surface area contributed by atoms with Gasteiger partial charge in [0.1, 0.15) is 11.4 Å². The Morgan fingerprint density at radius 1 is 1.29 bits per heavy atom. The number of nitrogens with two attached hydrogens (primary N) is 1. The fourth-order valence-electron chi connectivity index (χ4n) is 2.43. The molecular weight excluding hydrogens is 310 g/mol. The SMILES string of the molecule is COc1ccccc1[C@@H](C)N(C)C(=O)c1ccc(N)c([N+](=O)[O-])c1. The molecule has 7 heteroatoms. The first kappa shape index (κ1) is 17.3. The predicted octanol–water partition coefficient (Wildman–Crippen LogP) is 3.02. The third-order valence-corrected chi connectivity index (χ3v) is 3.96. The van der Waals surface area contributed by atoms with Crippen LogP contribution in [0.3, 0.4) is 0 Å². The van der Waals surface area contributed by atoms with Crippen molar-refractivity contribution >= 4 is 17.3 Å². The van der Waals surface area contributed by atoms with Crippen LogP contribution in [-0.4, -0.2) is 29.9 Å². The Kier molecular flexibility index (Phi) is 5.03. The molecule has 0 aliphatic heterocycles. The van der Waals surface area contributed by atoms with Crippen LogP contribution in [0.15, 0.2) is 42.5 Å². The lowest BCUT2D eigenvalue weighted by atomic mass is 10.0. The molecule has 0 bridgehead atoms. The maximum Gasteiger partial charge on any atom is 0.292 e. The van der Waals surface area contributed by atoms with Crippen molar-refractivity contribution in [2.75, 3.05) is 19.9 Å². The molecule has 0 aliphatic rings. The van der Waals surface area contributed by atoms with Gasteiger partial charge in [0.05, 0.1) is 18.1 Å². The topological polar surface area (TPSA) is 98.7 Å². The lowest BCUT2D eigenvalue weighted by molar-refractivity contribution is -0.383. The molecule has 0 aromatic heterocycles. The van der Waals surface area contributed by atoms with E-state index < -0.39 is 4.92 Å². The van der Waals surface area contributed by atoms with Gasteiger partial charge < -0.3 is 15.4 Å². The summed E-state index contributed by atoms with van der Waals surface area (Å²) in [6.07, 6.45) is 0. The van der Waals surface area contributed by atoms with Crippen LogP contribution in [0.2, 0.25) is 0 Å². The van der Waals surface area contributed by atoms with Crippen LogP contribution < -0.4 is 10.5 Å². The van der Waals surface area contributed by atoms with E-state index in [0.29, 0.717) is 5.75 Å². The number of methoxy groups -OCH3 is 1. The van der Waals surface area contributed by atoms with E-state index in [1.807, 2.05) is 31.2 Å². The number of nitro benzene ring substituents is 1. The molecule has 0 fully saturated rings. The lowest BCUT2D eigenvalue weighted by Gasteiger charge is -2.26. The standard InChI is InChI=1S/C17H19N3O4/c1-11(13-6-4-5-7-16(13)24-3)19(2)17(21)12-8-9-14(18)15(10-12)20(22)23/h4-11H,18H2,1-3H3/t11-/m1/s1. The summed E-state index contributed by atoms with van der Waals surface area (Å²) < 4.78 is 5.32. The average Bonchev–Trinajstić information content (AvgIpc) is 2.59. The number of amides is 1. The zero-order chi connectivity index (χ0) is 17.9. The fourth-order valence-corrected chi connectivity index (χ4v) is 2.43. The number of rotatable bonds is 5. The number of nitrogen functional groups attached to an aromatic ring is 1. The van der Waals surface area contributed by atoms with Crippen molar-refractivity contribution < 1.29 is 14.5 Å². The van der Waals surface area contributed by atoms with Crippen LogP contribution in [0.1, 0.15) is 28.9 Å². The van der Waals surface area contributed by atoms with Gasteiger partial charge in [-0.2, -0.15) is 0 Å². The molecule has 2 aromatic carbocycles. The predicted molar refractivity (Wildman–Crippen MR) is 91.0 cm³/mol. The van der Waals surface area contributed by atoms with Crippen molar-refractivity contribution in [3.63, 3.8) is 0 Å². The normalized spacial score (nSPS) is 11.6. The zero-order valence-corrected chi connectivity index (χ0v) is 13.7. The highest BCUT2D eigenvalue weighted by atomic mass is 16.6. The Balaban J connectivity index is 2.32. The summed E-state index contributed by atoms with van der Waals surface area (Å²) in [7, 11) is 3.21. The number of benzene rings is 2. The first-order valence-electron chi connectivity index (χ1n) is 7.30. The second-order valence-corrected chi connectivity index (χ2v) is 5.36. The minimum Gasteiger partial charge on any atom is -0.496 e. The highest BCUT2D eigenvalue weighted by Gasteiger charge is 2.23. The maximum atomic E-state index is 12.7. The maximum absolute atomic E-state index is 12.7. The third-order valence-electron chi connectivity index (χ3n) is 3.96. The van der Waals surface area contributed by atoms with Gasteiger partial charge in [-0.25, -0.2) is 0 Å². The average molecular weight is 329 g/mol. The van der Waals surface area contributed by atoms with Gasteiger partial charge in [0, 0.05) is 24.2 Å². The van der Waals surface area contributed by atoms with Crippen LogP contribution in [0.25, 0.3) is 0 Å². The van der Waals surface area contributed by atoms with Gasteiger partial charge in [0.15, 0.2) is 0 Å². The van der Waals surface area contributed by atoms with E-state index in [1.54, 1.807) is 14.2 Å². The summed E-state index contributed by atoms with van der Waals surface area (Å²) >= 11 is 0. The van der Waals surface area contributed by atoms with Gasteiger partial charge in [-0.15, -0.1) is 0 Å². The van der Waals surface area contributed by atoms with E-state index in [0.717, 1.165) is 5.56 Å². The van der Waals surface area contributed by atoms with Gasteiger partial charge in [-0.05, 0) is 25.1 Å². The van der Waals surface area contributed by atoms with Crippen molar-refractivity contribution in [2.45, 2.75) is 13.0 Å². The molecule has 2 aromatic rings. The van der Waals surface area contributed by atoms with E-state index in [-0.39, 0.29) is 28.9 Å². The Morgan fingerprint density at radius 2 is 1.96 bits per heavy atom. The summed E-state index contributed by atoms with van der Waals surface area (Å²) in [4.78, 5) is 24.6.